The van der Waals surface area contributed by atoms with Crippen molar-refractivity contribution >= 4 is 0 Å². The predicted octanol–water partition coefficient (Wildman–Crippen LogP) is 3.16. The van der Waals surface area contributed by atoms with E-state index in [0.717, 1.165) is 0 Å². The molecule has 4 aliphatic rings. The maximum Gasteiger partial charge on any atom is -0.0406 e. The van der Waals surface area contributed by atoms with E-state index in [-0.39, 0.29) is 12.3 Å². The third kappa shape index (κ3) is 1.38. The monoisotopic (exact) mass is 170 g/mol. The highest BCUT2D eigenvalue weighted by Crippen LogP contribution is 2.53. The Morgan fingerprint density at radius 1 is 0.417 bits per heavy atom. The smallest absolute Gasteiger partial charge is 0.0406 e. The molecule has 4 rings (SSSR count). The van der Waals surface area contributed by atoms with E-state index in [1.807, 2.05) is 0 Å². The maximum atomic E-state index is 1.60. The van der Waals surface area contributed by atoms with Crippen molar-refractivity contribution in [1.29, 1.82) is 0 Å². The third-order valence-corrected chi connectivity index (χ3v) is 4.00. The van der Waals surface area contributed by atoms with Crippen LogP contribution in [-0.2, 0) is 0 Å². The van der Waals surface area contributed by atoms with E-state index >= 15 is 0 Å². The fraction of sp³-hybridized carbons (Fsp3) is 1.00. The fourth-order valence-electron chi connectivity index (χ4n) is 3.98. The maximum absolute atomic E-state index is 1.60. The van der Waals surface area contributed by atoms with Gasteiger partial charge in [0, 0.05) is 0 Å². The van der Waals surface area contributed by atoms with E-state index in [9.17, 15) is 0 Å². The van der Waals surface area contributed by atoms with Gasteiger partial charge < -0.3 is 12.3 Å². The van der Waals surface area contributed by atoms with Gasteiger partial charge in [-0.3, -0.25) is 0 Å². The Labute approximate surface area is 75.3 Å². The first kappa shape index (κ1) is 10.0. The minimum absolute atomic E-state index is 0. The summed E-state index contributed by atoms with van der Waals surface area (Å²) in [4.78, 5) is 0. The van der Waals surface area contributed by atoms with Crippen LogP contribution in [0.5, 0.6) is 0 Å². The van der Waals surface area contributed by atoms with E-state index in [0.29, 0.717) is 0 Å². The van der Waals surface area contributed by atoms with Crippen LogP contribution in [0, 0.1) is 23.7 Å². The van der Waals surface area contributed by atoms with Crippen molar-refractivity contribution in [3.63, 3.8) is 0 Å². The van der Waals surface area contributed by atoms with Gasteiger partial charge in [0.15, 0.2) is 0 Å². The van der Waals surface area contributed by atoms with Gasteiger partial charge in [-0.1, -0.05) is 0 Å². The first-order valence-electron chi connectivity index (χ1n) is 4.90. The summed E-state index contributed by atoms with van der Waals surface area (Å²) in [5.41, 5.74) is 0. The van der Waals surface area contributed by atoms with E-state index in [1.54, 1.807) is 38.5 Å². The van der Waals surface area contributed by atoms with Crippen LogP contribution in [0.15, 0.2) is 0 Å². The summed E-state index contributed by atoms with van der Waals surface area (Å²) >= 11 is 0. The molecule has 72 valence electrons. The van der Waals surface area contributed by atoms with Crippen molar-refractivity contribution in [3.05, 3.63) is 0 Å². The van der Waals surface area contributed by atoms with Gasteiger partial charge in [-0.2, -0.15) is 0 Å². The topological polar surface area (TPSA) is 70.0 Å². The van der Waals surface area contributed by atoms with Crippen LogP contribution in [0.25, 0.3) is 0 Å². The van der Waals surface area contributed by atoms with Crippen LogP contribution in [0.1, 0.15) is 38.5 Å². The van der Waals surface area contributed by atoms with Crippen LogP contribution in [0.2, 0.25) is 0 Å². The second kappa shape index (κ2) is 3.35. The van der Waals surface area contributed by atoms with E-state index in [2.05, 4.69) is 0 Å². The number of rotatable bonds is 0. The summed E-state index contributed by atoms with van der Waals surface area (Å²) in [6.07, 6.45) is 9.62. The summed E-state index contributed by atoms with van der Waals surface area (Å²) in [6.45, 7) is 0. The molecule has 0 aromatic carbocycles. The average Bonchev–Trinajstić information content (AvgIpc) is 1.82. The van der Waals surface area contributed by atoms with Crippen molar-refractivity contribution in [2.45, 2.75) is 38.5 Å². The molecule has 0 saturated heterocycles. The molecule has 0 aliphatic heterocycles. The second-order valence-corrected chi connectivity index (χ2v) is 4.88. The molecule has 0 heterocycles. The zero-order valence-electron chi connectivity index (χ0n) is 7.97. The molecule has 0 unspecified atom stereocenters. The first-order chi connectivity index (χ1) is 4.90. The molecule has 6 N–H and O–H groups in total. The molecule has 2 nitrogen and oxygen atoms in total. The summed E-state index contributed by atoms with van der Waals surface area (Å²) in [5, 5.41) is 0. The lowest BCUT2D eigenvalue weighted by atomic mass is 9.56. The zero-order chi connectivity index (χ0) is 6.55. The van der Waals surface area contributed by atoms with Crippen LogP contribution >= 0.6 is 0 Å². The van der Waals surface area contributed by atoms with Crippen LogP contribution in [0.4, 0.5) is 0 Å². The molecule has 0 spiro atoms. The molecule has 0 amide bonds. The van der Waals surface area contributed by atoms with Crippen LogP contribution in [-0.4, -0.2) is 0 Å². The lowest BCUT2D eigenvalue weighted by Gasteiger charge is -2.49. The zero-order valence-corrected chi connectivity index (χ0v) is 7.97. The molecular formula is C10H22N2. The van der Waals surface area contributed by atoms with Gasteiger partial charge >= 0.3 is 0 Å². The van der Waals surface area contributed by atoms with E-state index < -0.39 is 0 Å². The molecule has 4 bridgehead atoms. The Bertz CT molecular complexity index is 99.4. The van der Waals surface area contributed by atoms with Crippen LogP contribution < -0.4 is 12.3 Å². The quantitative estimate of drug-likeness (QED) is 0.586. The third-order valence-electron chi connectivity index (χ3n) is 4.00. The minimum atomic E-state index is 0. The van der Waals surface area contributed by atoms with Gasteiger partial charge in [-0.05, 0) is 62.2 Å². The number of hydrogen-bond donors (Lipinski definition) is 2. The summed E-state index contributed by atoms with van der Waals surface area (Å²) in [7, 11) is 0. The molecule has 4 fully saturated rings. The molecule has 4 saturated carbocycles. The first-order valence-corrected chi connectivity index (χ1v) is 4.90. The molecule has 0 atom stereocenters. The summed E-state index contributed by atoms with van der Waals surface area (Å²) < 4.78 is 0. The van der Waals surface area contributed by atoms with Gasteiger partial charge in [0.1, 0.15) is 0 Å². The van der Waals surface area contributed by atoms with Gasteiger partial charge in [0.2, 0.25) is 0 Å². The van der Waals surface area contributed by atoms with Crippen molar-refractivity contribution < 1.29 is 0 Å². The van der Waals surface area contributed by atoms with Crippen molar-refractivity contribution in [1.82, 2.24) is 12.3 Å². The Morgan fingerprint density at radius 3 is 0.750 bits per heavy atom. The van der Waals surface area contributed by atoms with Gasteiger partial charge in [-0.25, -0.2) is 0 Å². The lowest BCUT2D eigenvalue weighted by molar-refractivity contribution is 0.0198. The highest BCUT2D eigenvalue weighted by molar-refractivity contribution is 4.92. The van der Waals surface area contributed by atoms with Crippen LogP contribution in [0.3, 0.4) is 0 Å². The second-order valence-electron chi connectivity index (χ2n) is 4.88. The predicted molar refractivity (Wildman–Crippen MR) is 51.7 cm³/mol. The Balaban J connectivity index is 0.000000360. The lowest BCUT2D eigenvalue weighted by Crippen LogP contribution is -2.38. The van der Waals surface area contributed by atoms with Gasteiger partial charge in [-0.15, -0.1) is 0 Å². The van der Waals surface area contributed by atoms with E-state index in [1.165, 1.54) is 23.7 Å². The minimum Gasteiger partial charge on any atom is -0.344 e. The molecular weight excluding hydrogens is 148 g/mol. The largest absolute Gasteiger partial charge is 0.344 e. The highest BCUT2D eigenvalue weighted by Gasteiger charge is 2.41. The highest BCUT2D eigenvalue weighted by atomic mass is 14.5. The Hall–Kier alpha value is -0.0800. The summed E-state index contributed by atoms with van der Waals surface area (Å²) in [6, 6.07) is 0. The molecule has 0 aromatic heterocycles. The normalized spacial score (nSPS) is 48.0. The molecule has 0 aromatic rings. The molecule has 12 heavy (non-hydrogen) atoms. The fourth-order valence-corrected chi connectivity index (χ4v) is 3.98. The molecule has 2 heteroatoms. The molecule has 0 radical (unpaired) electrons. The Kier molecular flexibility index (Phi) is 2.79. The van der Waals surface area contributed by atoms with Gasteiger partial charge in [0.05, 0.1) is 0 Å². The SMILES string of the molecule is C1C2CC3CC1CC(C2)C3.N.N. The standard InChI is InChI=1S/C10H16.2H3N/c1-7-2-9-4-8(1)5-10(3-7)6-9;;/h7-10H,1-6H2;2*1H3. The van der Waals surface area contributed by atoms with Gasteiger partial charge in [0.25, 0.3) is 0 Å². The molecule has 4 aliphatic carbocycles. The Morgan fingerprint density at radius 2 is 0.583 bits per heavy atom. The average molecular weight is 170 g/mol. The summed E-state index contributed by atoms with van der Waals surface area (Å²) in [5.74, 6) is 4.71. The van der Waals surface area contributed by atoms with Crippen molar-refractivity contribution in [2.24, 2.45) is 23.7 Å². The number of hydrogen-bond acceptors (Lipinski definition) is 2. The van der Waals surface area contributed by atoms with E-state index in [4.69, 9.17) is 0 Å². The van der Waals surface area contributed by atoms with Crippen molar-refractivity contribution in [3.8, 4) is 0 Å². The van der Waals surface area contributed by atoms with Crippen molar-refractivity contribution in [2.75, 3.05) is 0 Å².